The van der Waals surface area contributed by atoms with E-state index in [-0.39, 0.29) is 18.6 Å². The molecular formula is C28H37N7O3. The third-order valence-corrected chi connectivity index (χ3v) is 7.11. The fourth-order valence-electron chi connectivity index (χ4n) is 5.24. The lowest BCUT2D eigenvalue weighted by Gasteiger charge is -2.18. The molecule has 1 aromatic carbocycles. The van der Waals surface area contributed by atoms with Gasteiger partial charge in [0.25, 0.3) is 0 Å². The number of nitrogens with zero attached hydrogens (tertiary/aromatic N) is 4. The van der Waals surface area contributed by atoms with Gasteiger partial charge in [0.1, 0.15) is 11.0 Å². The van der Waals surface area contributed by atoms with Crippen molar-refractivity contribution in [2.75, 3.05) is 44.5 Å². The molecule has 10 nitrogen and oxygen atoms in total. The van der Waals surface area contributed by atoms with Gasteiger partial charge in [-0.3, -0.25) is 0 Å². The van der Waals surface area contributed by atoms with Crippen molar-refractivity contribution in [3.63, 3.8) is 0 Å². The minimum absolute atomic E-state index is 0.000754. The summed E-state index contributed by atoms with van der Waals surface area (Å²) in [5.41, 5.74) is 10.8. The van der Waals surface area contributed by atoms with Crippen LogP contribution in [0.25, 0.3) is 21.9 Å². The number of para-hydroxylation sites is 1. The van der Waals surface area contributed by atoms with E-state index in [1.54, 1.807) is 7.11 Å². The molecule has 0 saturated carbocycles. The highest BCUT2D eigenvalue weighted by Crippen LogP contribution is 2.34. The van der Waals surface area contributed by atoms with Crippen molar-refractivity contribution in [2.24, 2.45) is 5.92 Å². The van der Waals surface area contributed by atoms with E-state index >= 15 is 0 Å². The molecule has 0 unspecified atom stereocenters. The predicted octanol–water partition coefficient (Wildman–Crippen LogP) is 3.32. The van der Waals surface area contributed by atoms with E-state index in [2.05, 4.69) is 49.2 Å². The Labute approximate surface area is 222 Å². The number of nitrogens with two attached hydrogens (primary N) is 1. The van der Waals surface area contributed by atoms with Crippen molar-refractivity contribution in [3.8, 4) is 5.88 Å². The van der Waals surface area contributed by atoms with Gasteiger partial charge in [-0.05, 0) is 36.5 Å². The number of aliphatic hydroxyl groups is 1. The van der Waals surface area contributed by atoms with Crippen LogP contribution in [-0.4, -0.2) is 64.1 Å². The van der Waals surface area contributed by atoms with Gasteiger partial charge in [0.15, 0.2) is 5.82 Å². The van der Waals surface area contributed by atoms with Crippen LogP contribution in [-0.2, 0) is 17.8 Å². The number of pyridine rings is 1. The molecule has 1 saturated heterocycles. The van der Waals surface area contributed by atoms with Crippen LogP contribution in [0.2, 0.25) is 0 Å². The Balaban J connectivity index is 1.53. The number of rotatable bonds is 12. The van der Waals surface area contributed by atoms with Gasteiger partial charge in [-0.15, -0.1) is 0 Å². The summed E-state index contributed by atoms with van der Waals surface area (Å²) in [5, 5.41) is 17.9. The minimum Gasteiger partial charge on any atom is -0.481 e. The molecule has 0 aliphatic carbocycles. The first-order chi connectivity index (χ1) is 18.6. The van der Waals surface area contributed by atoms with Crippen LogP contribution in [0.15, 0.2) is 36.5 Å². The second-order valence-corrected chi connectivity index (χ2v) is 9.92. The molecule has 0 spiro atoms. The van der Waals surface area contributed by atoms with Crippen LogP contribution in [0.1, 0.15) is 37.3 Å². The number of fused-ring (bicyclic) bond motifs is 3. The number of anilines is 2. The van der Waals surface area contributed by atoms with Crippen molar-refractivity contribution in [1.29, 1.82) is 0 Å². The summed E-state index contributed by atoms with van der Waals surface area (Å²) in [6, 6.07) is 10.1. The first kappa shape index (κ1) is 26.1. The van der Waals surface area contributed by atoms with Crippen molar-refractivity contribution in [1.82, 2.24) is 24.8 Å². The zero-order valence-corrected chi connectivity index (χ0v) is 22.1. The smallest absolute Gasteiger partial charge is 0.222 e. The summed E-state index contributed by atoms with van der Waals surface area (Å²) in [6.07, 6.45) is 4.70. The van der Waals surface area contributed by atoms with E-state index in [1.165, 1.54) is 0 Å². The first-order valence-corrected chi connectivity index (χ1v) is 13.3. The average molecular weight is 520 g/mol. The summed E-state index contributed by atoms with van der Waals surface area (Å²) in [7, 11) is 1.64. The lowest BCUT2D eigenvalue weighted by molar-refractivity contribution is 0.185. The Bertz CT molecular complexity index is 1380. The fourth-order valence-corrected chi connectivity index (χ4v) is 5.24. The Hall–Kier alpha value is -3.47. The van der Waals surface area contributed by atoms with Crippen molar-refractivity contribution in [2.45, 2.75) is 45.3 Å². The number of aliphatic hydroxyl groups excluding tert-OH is 1. The summed E-state index contributed by atoms with van der Waals surface area (Å²) in [5.74, 6) is 1.94. The molecule has 1 fully saturated rings. The van der Waals surface area contributed by atoms with Gasteiger partial charge in [0.2, 0.25) is 11.8 Å². The van der Waals surface area contributed by atoms with Gasteiger partial charge in [0, 0.05) is 36.8 Å². The number of hydrogen-bond acceptors (Lipinski definition) is 9. The van der Waals surface area contributed by atoms with Crippen LogP contribution >= 0.6 is 0 Å². The number of ether oxygens (including phenoxy) is 2. The number of benzene rings is 1. The number of aromatic nitrogens is 4. The maximum atomic E-state index is 9.96. The molecule has 38 heavy (non-hydrogen) atoms. The molecule has 202 valence electrons. The van der Waals surface area contributed by atoms with E-state index in [0.717, 1.165) is 78.6 Å². The minimum atomic E-state index is -0.139. The Morgan fingerprint density at radius 1 is 1.29 bits per heavy atom. The van der Waals surface area contributed by atoms with Crippen molar-refractivity contribution < 1.29 is 14.6 Å². The molecular weight excluding hydrogens is 482 g/mol. The van der Waals surface area contributed by atoms with Gasteiger partial charge in [-0.2, -0.15) is 4.98 Å². The monoisotopic (exact) mass is 519 g/mol. The number of methoxy groups -OCH3 is 1. The summed E-state index contributed by atoms with van der Waals surface area (Å²) < 4.78 is 13.3. The molecule has 4 aromatic rings. The van der Waals surface area contributed by atoms with E-state index in [0.29, 0.717) is 24.2 Å². The van der Waals surface area contributed by atoms with E-state index in [4.69, 9.17) is 15.2 Å². The molecule has 4 heterocycles. The lowest BCUT2D eigenvalue weighted by atomic mass is 10.1. The molecule has 0 bridgehead atoms. The maximum Gasteiger partial charge on any atom is 0.222 e. The van der Waals surface area contributed by atoms with Crippen molar-refractivity contribution in [3.05, 3.63) is 47.7 Å². The van der Waals surface area contributed by atoms with Gasteiger partial charge in [-0.25, -0.2) is 9.97 Å². The van der Waals surface area contributed by atoms with Gasteiger partial charge < -0.3 is 35.5 Å². The zero-order chi connectivity index (χ0) is 26.5. The van der Waals surface area contributed by atoms with Crippen LogP contribution in [0.4, 0.5) is 11.8 Å². The molecule has 1 aliphatic heterocycles. The Kier molecular flexibility index (Phi) is 8.21. The molecule has 5 rings (SSSR count). The number of nitrogen functional groups attached to an aromatic ring is 1. The fraction of sp³-hybridized carbons (Fsp3) is 0.464. The Morgan fingerprint density at radius 3 is 2.92 bits per heavy atom. The van der Waals surface area contributed by atoms with Gasteiger partial charge in [-0.1, -0.05) is 31.5 Å². The van der Waals surface area contributed by atoms with E-state index in [1.807, 2.05) is 24.4 Å². The summed E-state index contributed by atoms with van der Waals surface area (Å²) in [6.45, 7) is 5.91. The number of nitrogens with one attached hydrogen (secondary N) is 2. The second kappa shape index (κ2) is 11.9. The molecule has 2 atom stereocenters. The SMILES string of the molecule is CCC[C@@H](CO)Nc1nc(N)nc2c3ccccc3n(Cc3cc(CNC[C@H]4CCOC4)cnc3OC)c12. The van der Waals surface area contributed by atoms with E-state index < -0.39 is 0 Å². The van der Waals surface area contributed by atoms with Crippen LogP contribution in [0.5, 0.6) is 5.88 Å². The molecule has 5 N–H and O–H groups in total. The maximum absolute atomic E-state index is 9.96. The molecule has 10 heteroatoms. The standard InChI is InChI=1S/C28H37N7O3/c1-3-6-21(16-36)32-26-25-24(33-28(29)34-26)22-7-4-5-8-23(22)35(25)15-20-11-19(14-31-27(20)37-2)13-30-12-18-9-10-38-17-18/h4-5,7-8,11,14,18,21,30,36H,3,6,9-10,12-13,15-17H2,1-2H3,(H3,29,32,33,34)/t18-,21+/m1/s1. The molecule has 1 aliphatic rings. The topological polar surface area (TPSA) is 132 Å². The average Bonchev–Trinajstić information content (AvgIpc) is 3.55. The van der Waals surface area contributed by atoms with Gasteiger partial charge >= 0.3 is 0 Å². The quantitative estimate of drug-likeness (QED) is 0.222. The molecule has 0 amide bonds. The first-order valence-electron chi connectivity index (χ1n) is 13.3. The number of hydrogen-bond donors (Lipinski definition) is 4. The Morgan fingerprint density at radius 2 is 2.16 bits per heavy atom. The summed E-state index contributed by atoms with van der Waals surface area (Å²) in [4.78, 5) is 13.8. The van der Waals surface area contributed by atoms with Crippen molar-refractivity contribution >= 4 is 33.7 Å². The third kappa shape index (κ3) is 5.52. The second-order valence-electron chi connectivity index (χ2n) is 9.92. The normalized spacial score (nSPS) is 16.3. The zero-order valence-electron chi connectivity index (χ0n) is 22.1. The van der Waals surface area contributed by atoms with E-state index in [9.17, 15) is 5.11 Å². The highest BCUT2D eigenvalue weighted by Gasteiger charge is 2.21. The predicted molar refractivity (Wildman–Crippen MR) is 149 cm³/mol. The summed E-state index contributed by atoms with van der Waals surface area (Å²) >= 11 is 0. The largest absolute Gasteiger partial charge is 0.481 e. The van der Waals surface area contributed by atoms with Crippen LogP contribution < -0.4 is 21.1 Å². The van der Waals surface area contributed by atoms with Crippen LogP contribution in [0.3, 0.4) is 0 Å². The molecule has 0 radical (unpaired) electrons. The third-order valence-electron chi connectivity index (χ3n) is 7.11. The highest BCUT2D eigenvalue weighted by atomic mass is 16.5. The lowest BCUT2D eigenvalue weighted by Crippen LogP contribution is -2.25. The van der Waals surface area contributed by atoms with Gasteiger partial charge in [0.05, 0.1) is 38.4 Å². The highest BCUT2D eigenvalue weighted by molar-refractivity contribution is 6.09. The van der Waals surface area contributed by atoms with Crippen LogP contribution in [0, 0.1) is 5.92 Å². The molecule has 3 aromatic heterocycles.